The largest absolute Gasteiger partial charge is 0.394 e. The molecular weight excluding hydrogens is 1210 g/mol. The van der Waals surface area contributed by atoms with Gasteiger partial charge in [-0.3, -0.25) is 4.79 Å². The molecule has 1 amide bonds. The van der Waals surface area contributed by atoms with Crippen LogP contribution in [0.2, 0.25) is 0 Å². The summed E-state index contributed by atoms with van der Waals surface area (Å²) in [4.78, 5) is 13.4. The minimum Gasteiger partial charge on any atom is -0.394 e. The number of hydrogen-bond acceptors (Lipinski definition) is 13. The molecule has 14 heteroatoms. The Labute approximate surface area is 591 Å². The van der Waals surface area contributed by atoms with Crippen molar-refractivity contribution >= 4 is 5.91 Å². The van der Waals surface area contributed by atoms with Crippen LogP contribution >= 0.6 is 0 Å². The summed E-state index contributed by atoms with van der Waals surface area (Å²) in [7, 11) is 0. The first-order valence-electron chi connectivity index (χ1n) is 42.3. The molecule has 96 heavy (non-hydrogen) atoms. The van der Waals surface area contributed by atoms with Crippen LogP contribution < -0.4 is 5.32 Å². The van der Waals surface area contributed by atoms with Crippen molar-refractivity contribution < 1.29 is 64.6 Å². The van der Waals surface area contributed by atoms with Crippen molar-refractivity contribution in [2.45, 2.75) is 498 Å². The number of unbranched alkanes of at least 4 members (excludes halogenated alkanes) is 60. The number of hydrogen-bond donors (Lipinski definition) is 9. The second-order valence-electron chi connectivity index (χ2n) is 30.3. The number of amides is 1. The second kappa shape index (κ2) is 67.2. The molecule has 0 spiro atoms. The third kappa shape index (κ3) is 49.6. The molecule has 2 heterocycles. The molecule has 2 rings (SSSR count). The fourth-order valence-electron chi connectivity index (χ4n) is 14.7. The normalized spacial score (nSPS) is 22.1. The number of aliphatic hydroxyl groups is 8. The van der Waals surface area contributed by atoms with Crippen LogP contribution in [0.25, 0.3) is 0 Å². The van der Waals surface area contributed by atoms with Gasteiger partial charge in [-0.15, -0.1) is 0 Å². The summed E-state index contributed by atoms with van der Waals surface area (Å²) in [6.07, 6.45) is 67.4. The lowest BCUT2D eigenvalue weighted by Gasteiger charge is -2.46. The SMILES string of the molecule is CCCCCCCCCCCCCCCCCCCCCCCCCCCCCCCCCCCCCCCCC(=O)NC(COC1OC(CO)C(OC2OC(CO)C(O)C(O)C2O)C(O)C1O)C(O)CCCCCCCCCCCCCCCCCCCCCCCCCC. The van der Waals surface area contributed by atoms with Crippen LogP contribution in [-0.2, 0) is 23.7 Å². The Kier molecular flexibility index (Phi) is 63.7. The van der Waals surface area contributed by atoms with E-state index in [1.807, 2.05) is 0 Å². The van der Waals surface area contributed by atoms with Crippen molar-refractivity contribution in [3.05, 3.63) is 0 Å². The van der Waals surface area contributed by atoms with E-state index in [0.29, 0.717) is 12.8 Å². The van der Waals surface area contributed by atoms with E-state index < -0.39 is 86.8 Å². The molecule has 2 aliphatic rings. The summed E-state index contributed by atoms with van der Waals surface area (Å²) in [5.41, 5.74) is 0. The molecular formula is C82H161NO13. The monoisotopic (exact) mass is 1370 g/mol. The molecule has 0 aromatic heterocycles. The van der Waals surface area contributed by atoms with E-state index in [2.05, 4.69) is 19.2 Å². The summed E-state index contributed by atoms with van der Waals surface area (Å²) in [5, 5.41) is 87.9. The molecule has 14 nitrogen and oxygen atoms in total. The Morgan fingerprint density at radius 1 is 0.333 bits per heavy atom. The Balaban J connectivity index is 1.55. The smallest absolute Gasteiger partial charge is 0.220 e. The topological polar surface area (TPSA) is 228 Å². The zero-order chi connectivity index (χ0) is 69.4. The highest BCUT2D eigenvalue weighted by Gasteiger charge is 2.51. The van der Waals surface area contributed by atoms with E-state index in [9.17, 15) is 45.6 Å². The van der Waals surface area contributed by atoms with Crippen LogP contribution in [0.15, 0.2) is 0 Å². The Morgan fingerprint density at radius 2 is 0.594 bits per heavy atom. The van der Waals surface area contributed by atoms with E-state index in [-0.39, 0.29) is 12.5 Å². The van der Waals surface area contributed by atoms with Gasteiger partial charge in [0.1, 0.15) is 48.8 Å². The molecule has 2 aliphatic heterocycles. The van der Waals surface area contributed by atoms with Crippen molar-refractivity contribution in [2.24, 2.45) is 0 Å². The maximum absolute atomic E-state index is 13.4. The number of aliphatic hydroxyl groups excluding tert-OH is 8. The van der Waals surface area contributed by atoms with Crippen molar-refractivity contribution in [1.29, 1.82) is 0 Å². The average molecular weight is 1370 g/mol. The molecule has 9 N–H and O–H groups in total. The Morgan fingerprint density at radius 3 is 0.885 bits per heavy atom. The van der Waals surface area contributed by atoms with E-state index in [0.717, 1.165) is 51.4 Å². The quantitative estimate of drug-likeness (QED) is 0.0259. The van der Waals surface area contributed by atoms with Crippen LogP contribution in [0.5, 0.6) is 0 Å². The highest BCUT2D eigenvalue weighted by Crippen LogP contribution is 2.31. The molecule has 0 bridgehead atoms. The lowest BCUT2D eigenvalue weighted by Crippen LogP contribution is -2.65. The lowest BCUT2D eigenvalue weighted by atomic mass is 9.97. The average Bonchev–Trinajstić information content (AvgIpc) is 0.797. The zero-order valence-electron chi connectivity index (χ0n) is 62.9. The number of ether oxygens (including phenoxy) is 4. The predicted octanol–water partition coefficient (Wildman–Crippen LogP) is 19.5. The molecule has 0 saturated carbocycles. The Hall–Kier alpha value is -1.01. The summed E-state index contributed by atoms with van der Waals surface area (Å²) in [5.74, 6) is -0.194. The lowest BCUT2D eigenvalue weighted by molar-refractivity contribution is -0.359. The minimum absolute atomic E-state index is 0.194. The van der Waals surface area contributed by atoms with Gasteiger partial charge in [0.05, 0.1) is 32.0 Å². The number of carbonyl (C=O) groups is 1. The summed E-state index contributed by atoms with van der Waals surface area (Å²) in [6, 6.07) is -0.826. The van der Waals surface area contributed by atoms with Crippen molar-refractivity contribution in [2.75, 3.05) is 19.8 Å². The predicted molar refractivity (Wildman–Crippen MR) is 397 cm³/mol. The number of nitrogens with one attached hydrogen (secondary N) is 1. The first kappa shape index (κ1) is 91.1. The molecule has 0 aliphatic carbocycles. The second-order valence-corrected chi connectivity index (χ2v) is 30.3. The zero-order valence-corrected chi connectivity index (χ0v) is 62.9. The van der Waals surface area contributed by atoms with Crippen LogP contribution in [0.3, 0.4) is 0 Å². The van der Waals surface area contributed by atoms with Gasteiger partial charge in [0.25, 0.3) is 0 Å². The van der Waals surface area contributed by atoms with Gasteiger partial charge in [-0.1, -0.05) is 406 Å². The van der Waals surface area contributed by atoms with Gasteiger partial charge >= 0.3 is 0 Å². The van der Waals surface area contributed by atoms with Gasteiger partial charge < -0.3 is 65.1 Å². The van der Waals surface area contributed by atoms with Gasteiger partial charge in [-0.05, 0) is 12.8 Å². The summed E-state index contributed by atoms with van der Waals surface area (Å²) < 4.78 is 23.0. The van der Waals surface area contributed by atoms with E-state index >= 15 is 0 Å². The molecule has 0 aromatic rings. The van der Waals surface area contributed by atoms with Crippen LogP contribution in [0.1, 0.15) is 425 Å². The van der Waals surface area contributed by atoms with E-state index in [1.165, 1.54) is 347 Å². The van der Waals surface area contributed by atoms with Gasteiger partial charge in [-0.2, -0.15) is 0 Å². The number of carbonyl (C=O) groups excluding carboxylic acids is 1. The molecule has 0 aromatic carbocycles. The van der Waals surface area contributed by atoms with Gasteiger partial charge in [0.15, 0.2) is 12.6 Å². The maximum Gasteiger partial charge on any atom is 0.220 e. The molecule has 2 saturated heterocycles. The fraction of sp³-hybridized carbons (Fsp3) is 0.988. The standard InChI is InChI=1S/C82H161NO13/c1-3-5-7-9-11-13-15-17-19-21-23-25-27-29-30-31-32-33-34-35-36-37-38-39-40-41-42-44-46-48-50-52-54-56-58-60-62-64-66-74(87)83-70(69-93-81-79(92)77(90)80(73(68-85)95-81)96-82-78(91)76(89)75(88)72(67-84)94-82)71(86)65-63-61-59-57-55-53-51-49-47-45-43-28-26-24-22-20-18-16-14-12-10-8-6-4-2/h70-73,75-82,84-86,88-92H,3-69H2,1-2H3,(H,83,87). The Bertz CT molecular complexity index is 1610. The molecule has 572 valence electrons. The molecule has 12 unspecified atom stereocenters. The fourth-order valence-corrected chi connectivity index (χ4v) is 14.7. The van der Waals surface area contributed by atoms with Crippen LogP contribution in [0, 0.1) is 0 Å². The van der Waals surface area contributed by atoms with Crippen molar-refractivity contribution in [3.8, 4) is 0 Å². The van der Waals surface area contributed by atoms with Crippen molar-refractivity contribution in [3.63, 3.8) is 0 Å². The van der Waals surface area contributed by atoms with Crippen LogP contribution in [0.4, 0.5) is 0 Å². The molecule has 12 atom stereocenters. The van der Waals surface area contributed by atoms with E-state index in [4.69, 9.17) is 18.9 Å². The number of rotatable bonds is 73. The van der Waals surface area contributed by atoms with Gasteiger partial charge in [-0.25, -0.2) is 0 Å². The maximum atomic E-state index is 13.4. The molecule has 0 radical (unpaired) electrons. The summed E-state index contributed by atoms with van der Waals surface area (Å²) in [6.45, 7) is 2.95. The third-order valence-corrected chi connectivity index (χ3v) is 21.3. The van der Waals surface area contributed by atoms with E-state index in [1.54, 1.807) is 0 Å². The minimum atomic E-state index is -1.78. The van der Waals surface area contributed by atoms with Gasteiger partial charge in [0.2, 0.25) is 5.91 Å². The first-order chi connectivity index (χ1) is 47.1. The third-order valence-electron chi connectivity index (χ3n) is 21.3. The first-order valence-corrected chi connectivity index (χ1v) is 42.3. The highest BCUT2D eigenvalue weighted by molar-refractivity contribution is 5.76. The molecule has 2 fully saturated rings. The van der Waals surface area contributed by atoms with Crippen molar-refractivity contribution in [1.82, 2.24) is 5.32 Å². The highest BCUT2D eigenvalue weighted by atomic mass is 16.7. The van der Waals surface area contributed by atoms with Crippen LogP contribution in [-0.4, -0.2) is 140 Å². The summed E-state index contributed by atoms with van der Waals surface area (Å²) >= 11 is 0. The van der Waals surface area contributed by atoms with Gasteiger partial charge in [0, 0.05) is 6.42 Å².